The Balaban J connectivity index is 1.90. The van der Waals surface area contributed by atoms with Crippen LogP contribution in [0.4, 0.5) is 0 Å². The summed E-state index contributed by atoms with van der Waals surface area (Å²) in [6.45, 7) is 4.30. The second kappa shape index (κ2) is 4.92. The minimum absolute atomic E-state index is 0.0805. The average molecular weight is 258 g/mol. The third kappa shape index (κ3) is 2.21. The lowest BCUT2D eigenvalue weighted by molar-refractivity contribution is 0.0969. The lowest BCUT2D eigenvalue weighted by Gasteiger charge is -2.45. The molecule has 1 aromatic carbocycles. The van der Waals surface area contributed by atoms with E-state index in [1.165, 1.54) is 43.4 Å². The first-order valence-electron chi connectivity index (χ1n) is 7.67. The van der Waals surface area contributed by atoms with Crippen molar-refractivity contribution in [1.82, 2.24) is 4.90 Å². The summed E-state index contributed by atoms with van der Waals surface area (Å²) in [5, 5.41) is 0. The van der Waals surface area contributed by atoms with E-state index in [9.17, 15) is 0 Å². The number of nitrogens with two attached hydrogens (primary N) is 1. The Hall–Kier alpha value is -0.860. The van der Waals surface area contributed by atoms with E-state index >= 15 is 0 Å². The zero-order valence-corrected chi connectivity index (χ0v) is 12.2. The van der Waals surface area contributed by atoms with Crippen molar-refractivity contribution in [2.45, 2.75) is 38.1 Å². The molecule has 2 aliphatic rings. The molecule has 3 rings (SSSR count). The lowest BCUT2D eigenvalue weighted by Crippen LogP contribution is -2.52. The molecule has 1 saturated carbocycles. The quantitative estimate of drug-likeness (QED) is 0.900. The lowest BCUT2D eigenvalue weighted by atomic mass is 9.75. The molecule has 0 spiro atoms. The summed E-state index contributed by atoms with van der Waals surface area (Å²) < 4.78 is 0. The smallest absolute Gasteiger partial charge is 0.0584 e. The number of likely N-dealkylation sites (N-methyl/N-ethyl adjacent to an activating group) is 1. The molecule has 19 heavy (non-hydrogen) atoms. The number of fused-ring (bicyclic) bond motifs is 1. The van der Waals surface area contributed by atoms with Crippen LogP contribution in [0, 0.1) is 11.8 Å². The van der Waals surface area contributed by atoms with Gasteiger partial charge in [0, 0.05) is 13.1 Å². The fourth-order valence-electron chi connectivity index (χ4n) is 3.84. The number of hydrogen-bond donors (Lipinski definition) is 1. The van der Waals surface area contributed by atoms with Gasteiger partial charge in [0.05, 0.1) is 5.54 Å². The fourth-order valence-corrected chi connectivity index (χ4v) is 3.84. The Labute approximate surface area is 117 Å². The Morgan fingerprint density at radius 3 is 2.79 bits per heavy atom. The molecule has 1 fully saturated rings. The molecule has 2 aliphatic carbocycles. The van der Waals surface area contributed by atoms with E-state index in [1.54, 1.807) is 0 Å². The van der Waals surface area contributed by atoms with Crippen molar-refractivity contribution in [1.29, 1.82) is 0 Å². The van der Waals surface area contributed by atoms with Gasteiger partial charge in [-0.05, 0) is 55.7 Å². The van der Waals surface area contributed by atoms with Gasteiger partial charge in [0.1, 0.15) is 0 Å². The van der Waals surface area contributed by atoms with Crippen molar-refractivity contribution in [3.05, 3.63) is 35.4 Å². The third-order valence-electron chi connectivity index (χ3n) is 5.41. The van der Waals surface area contributed by atoms with E-state index in [2.05, 4.69) is 43.1 Å². The minimum atomic E-state index is 0.0805. The summed E-state index contributed by atoms with van der Waals surface area (Å²) >= 11 is 0. The van der Waals surface area contributed by atoms with Crippen LogP contribution in [0.25, 0.3) is 0 Å². The Bertz CT molecular complexity index is 456. The van der Waals surface area contributed by atoms with Crippen LogP contribution in [0.3, 0.4) is 0 Å². The van der Waals surface area contributed by atoms with Gasteiger partial charge in [0.2, 0.25) is 0 Å². The van der Waals surface area contributed by atoms with Crippen LogP contribution in [0.2, 0.25) is 0 Å². The van der Waals surface area contributed by atoms with Gasteiger partial charge < -0.3 is 5.73 Å². The number of hydrogen-bond acceptors (Lipinski definition) is 2. The molecule has 2 N–H and O–H groups in total. The van der Waals surface area contributed by atoms with Gasteiger partial charge >= 0.3 is 0 Å². The first-order chi connectivity index (χ1) is 9.17. The van der Waals surface area contributed by atoms with E-state index in [4.69, 9.17) is 5.73 Å². The van der Waals surface area contributed by atoms with Crippen LogP contribution in [0.5, 0.6) is 0 Å². The molecule has 0 aliphatic heterocycles. The molecule has 0 bridgehead atoms. The molecule has 2 heteroatoms. The molecular weight excluding hydrogens is 232 g/mol. The third-order valence-corrected chi connectivity index (χ3v) is 5.41. The maximum absolute atomic E-state index is 6.24. The summed E-state index contributed by atoms with van der Waals surface area (Å²) in [5.74, 6) is 1.80. The average Bonchev–Trinajstić information content (AvgIpc) is 3.13. The first kappa shape index (κ1) is 13.1. The summed E-state index contributed by atoms with van der Waals surface area (Å²) in [7, 11) is 2.28. The molecule has 3 unspecified atom stereocenters. The van der Waals surface area contributed by atoms with E-state index in [0.29, 0.717) is 0 Å². The van der Waals surface area contributed by atoms with Gasteiger partial charge in [-0.15, -0.1) is 0 Å². The summed E-state index contributed by atoms with van der Waals surface area (Å²) in [6.07, 6.45) is 5.08. The first-order valence-corrected chi connectivity index (χ1v) is 7.67. The minimum Gasteiger partial charge on any atom is -0.328 e. The number of aryl methyl sites for hydroxylation is 1. The van der Waals surface area contributed by atoms with Gasteiger partial charge in [-0.2, -0.15) is 0 Å². The number of rotatable bonds is 4. The van der Waals surface area contributed by atoms with Crippen molar-refractivity contribution in [2.24, 2.45) is 17.6 Å². The molecule has 0 saturated heterocycles. The van der Waals surface area contributed by atoms with Crippen LogP contribution in [-0.2, 0) is 12.0 Å². The van der Waals surface area contributed by atoms with Gasteiger partial charge in [0.25, 0.3) is 0 Å². The Kier molecular flexibility index (Phi) is 3.40. The Morgan fingerprint density at radius 2 is 2.11 bits per heavy atom. The van der Waals surface area contributed by atoms with E-state index in [-0.39, 0.29) is 5.54 Å². The molecule has 0 amide bonds. The van der Waals surface area contributed by atoms with Gasteiger partial charge in [-0.3, -0.25) is 4.90 Å². The summed E-state index contributed by atoms with van der Waals surface area (Å²) in [5.41, 5.74) is 9.32. The maximum atomic E-state index is 6.24. The van der Waals surface area contributed by atoms with Crippen molar-refractivity contribution >= 4 is 0 Å². The topological polar surface area (TPSA) is 29.3 Å². The van der Waals surface area contributed by atoms with Crippen LogP contribution >= 0.6 is 0 Å². The number of benzene rings is 1. The molecule has 2 nitrogen and oxygen atoms in total. The van der Waals surface area contributed by atoms with Crippen molar-refractivity contribution in [2.75, 3.05) is 20.1 Å². The zero-order chi connectivity index (χ0) is 13.5. The second-order valence-corrected chi connectivity index (χ2v) is 6.60. The van der Waals surface area contributed by atoms with Crippen LogP contribution in [-0.4, -0.2) is 25.0 Å². The molecule has 0 radical (unpaired) electrons. The summed E-state index contributed by atoms with van der Waals surface area (Å²) in [4.78, 5) is 2.55. The highest BCUT2D eigenvalue weighted by molar-refractivity contribution is 5.36. The molecule has 0 heterocycles. The predicted molar refractivity (Wildman–Crippen MR) is 80.0 cm³/mol. The summed E-state index contributed by atoms with van der Waals surface area (Å²) in [6, 6.07) is 8.91. The molecule has 1 aromatic rings. The molecular formula is C17H26N2. The highest BCUT2D eigenvalue weighted by atomic mass is 15.2. The van der Waals surface area contributed by atoms with Gasteiger partial charge in [-0.25, -0.2) is 0 Å². The van der Waals surface area contributed by atoms with Crippen molar-refractivity contribution in [3.63, 3.8) is 0 Å². The highest BCUT2D eigenvalue weighted by Gasteiger charge is 2.42. The Morgan fingerprint density at radius 1 is 1.37 bits per heavy atom. The predicted octanol–water partition coefficient (Wildman–Crippen LogP) is 2.76. The van der Waals surface area contributed by atoms with Gasteiger partial charge in [-0.1, -0.05) is 31.2 Å². The SMILES string of the molecule is CC1CC1CN(C)C1(CN)CCCc2ccccc21. The molecule has 3 atom stereocenters. The van der Waals surface area contributed by atoms with E-state index in [1.807, 2.05) is 0 Å². The van der Waals surface area contributed by atoms with E-state index in [0.717, 1.165) is 18.4 Å². The van der Waals surface area contributed by atoms with Crippen molar-refractivity contribution < 1.29 is 0 Å². The molecule has 0 aromatic heterocycles. The van der Waals surface area contributed by atoms with Gasteiger partial charge in [0.15, 0.2) is 0 Å². The van der Waals surface area contributed by atoms with Crippen LogP contribution in [0.1, 0.15) is 37.3 Å². The van der Waals surface area contributed by atoms with Crippen LogP contribution in [0.15, 0.2) is 24.3 Å². The fraction of sp³-hybridized carbons (Fsp3) is 0.647. The highest BCUT2D eigenvalue weighted by Crippen LogP contribution is 2.43. The number of nitrogens with zero attached hydrogens (tertiary/aromatic N) is 1. The van der Waals surface area contributed by atoms with Crippen molar-refractivity contribution in [3.8, 4) is 0 Å². The standard InChI is InChI=1S/C17H26N2/c1-13-10-15(13)11-19(2)17(12-18)9-5-7-14-6-3-4-8-16(14)17/h3-4,6,8,13,15H,5,7,9-12,18H2,1-2H3. The van der Waals surface area contributed by atoms with Crippen LogP contribution < -0.4 is 5.73 Å². The van der Waals surface area contributed by atoms with E-state index < -0.39 is 0 Å². The monoisotopic (exact) mass is 258 g/mol. The molecule has 104 valence electrons. The normalized spacial score (nSPS) is 33.3. The largest absolute Gasteiger partial charge is 0.328 e. The zero-order valence-electron chi connectivity index (χ0n) is 12.2. The second-order valence-electron chi connectivity index (χ2n) is 6.60. The maximum Gasteiger partial charge on any atom is 0.0584 e.